The van der Waals surface area contributed by atoms with Crippen LogP contribution in [0.1, 0.15) is 54.6 Å². The lowest BCUT2D eigenvalue weighted by molar-refractivity contribution is 0.0524. The molecule has 172 valence electrons. The van der Waals surface area contributed by atoms with Crippen molar-refractivity contribution in [3.63, 3.8) is 0 Å². The molecule has 0 radical (unpaired) electrons. The number of halogens is 1. The number of likely N-dealkylation sites (tertiary alicyclic amines) is 1. The highest BCUT2D eigenvalue weighted by Crippen LogP contribution is 2.41. The Kier molecular flexibility index (Phi) is 5.90. The van der Waals surface area contributed by atoms with Crippen LogP contribution in [0.5, 0.6) is 0 Å². The van der Waals surface area contributed by atoms with Gasteiger partial charge >= 0.3 is 5.97 Å². The largest absolute Gasteiger partial charge is 0.462 e. The summed E-state index contributed by atoms with van der Waals surface area (Å²) in [6.07, 6.45) is 5.86. The third-order valence-electron chi connectivity index (χ3n) is 6.68. The Hall–Kier alpha value is -2.45. The maximum Gasteiger partial charge on any atom is 0.343 e. The van der Waals surface area contributed by atoms with Crippen molar-refractivity contribution in [2.45, 2.75) is 45.2 Å². The molecular weight excluding hydrogens is 413 g/mol. The van der Waals surface area contributed by atoms with Crippen LogP contribution in [0.4, 0.5) is 10.1 Å². The standard InChI is InChI=1S/C24H30FN3O4/c1-2-32-24(30)19-15-28(16-5-6-16)21-17(23(19)29)13-20(25)22(27-9-11-31-12-10-27)18(21)14-26-7-3-4-8-26/h13,15-16H,2-12,14H2,1H3. The SMILES string of the molecule is CCOC(=O)c1cn(C2CC2)c2c(CN3CCCC3)c(N3CCOCC3)c(F)cc2c1=O. The molecule has 2 aliphatic heterocycles. The van der Waals surface area contributed by atoms with Gasteiger partial charge in [0.15, 0.2) is 0 Å². The van der Waals surface area contributed by atoms with Gasteiger partial charge in [0.05, 0.1) is 31.0 Å². The van der Waals surface area contributed by atoms with Gasteiger partial charge in [0.25, 0.3) is 0 Å². The van der Waals surface area contributed by atoms with Gasteiger partial charge < -0.3 is 18.9 Å². The highest BCUT2D eigenvalue weighted by atomic mass is 19.1. The van der Waals surface area contributed by atoms with Gasteiger partial charge in [0, 0.05) is 42.8 Å². The molecule has 0 spiro atoms. The van der Waals surface area contributed by atoms with Gasteiger partial charge in [-0.3, -0.25) is 9.69 Å². The molecule has 2 aromatic rings. The van der Waals surface area contributed by atoms with Crippen molar-refractivity contribution in [3.05, 3.63) is 39.4 Å². The maximum absolute atomic E-state index is 15.7. The van der Waals surface area contributed by atoms with Crippen molar-refractivity contribution in [2.24, 2.45) is 0 Å². The molecule has 2 saturated heterocycles. The summed E-state index contributed by atoms with van der Waals surface area (Å²) in [5.74, 6) is -1.05. The van der Waals surface area contributed by atoms with Crippen LogP contribution < -0.4 is 10.3 Å². The number of hydrogen-bond acceptors (Lipinski definition) is 6. The predicted octanol–water partition coefficient (Wildman–Crippen LogP) is 3.08. The van der Waals surface area contributed by atoms with Crippen molar-refractivity contribution < 1.29 is 18.7 Å². The molecule has 0 unspecified atom stereocenters. The Bertz CT molecular complexity index is 1080. The minimum absolute atomic E-state index is 0.0168. The zero-order chi connectivity index (χ0) is 22.2. The lowest BCUT2D eigenvalue weighted by atomic mass is 10.0. The molecule has 1 aromatic carbocycles. The number of carbonyl (C=O) groups is 1. The number of ether oxygens (including phenoxy) is 2. The molecule has 5 rings (SSSR count). The second-order valence-electron chi connectivity index (χ2n) is 8.90. The number of benzene rings is 1. The molecule has 0 amide bonds. The zero-order valence-electron chi connectivity index (χ0n) is 18.6. The summed E-state index contributed by atoms with van der Waals surface area (Å²) in [6, 6.07) is 1.55. The summed E-state index contributed by atoms with van der Waals surface area (Å²) < 4.78 is 28.3. The van der Waals surface area contributed by atoms with Gasteiger partial charge in [-0.15, -0.1) is 0 Å². The van der Waals surface area contributed by atoms with Crippen molar-refractivity contribution in [1.82, 2.24) is 9.47 Å². The first kappa shape index (κ1) is 21.4. The normalized spacial score (nSPS) is 19.6. The van der Waals surface area contributed by atoms with E-state index in [-0.39, 0.29) is 23.6 Å². The van der Waals surface area contributed by atoms with Crippen LogP contribution in [0.25, 0.3) is 10.9 Å². The lowest BCUT2D eigenvalue weighted by Gasteiger charge is -2.33. The Morgan fingerprint density at radius 2 is 1.91 bits per heavy atom. The van der Waals surface area contributed by atoms with Gasteiger partial charge in [-0.1, -0.05) is 0 Å². The van der Waals surface area contributed by atoms with Crippen LogP contribution in [0.15, 0.2) is 17.1 Å². The van der Waals surface area contributed by atoms with Gasteiger partial charge in [-0.05, 0) is 51.8 Å². The monoisotopic (exact) mass is 443 g/mol. The van der Waals surface area contributed by atoms with E-state index < -0.39 is 17.2 Å². The van der Waals surface area contributed by atoms with E-state index in [1.54, 1.807) is 13.1 Å². The van der Waals surface area contributed by atoms with Crippen LogP contribution >= 0.6 is 0 Å². The lowest BCUT2D eigenvalue weighted by Crippen LogP contribution is -2.38. The van der Waals surface area contributed by atoms with E-state index in [1.807, 2.05) is 9.47 Å². The number of morpholine rings is 1. The topological polar surface area (TPSA) is 64.0 Å². The van der Waals surface area contributed by atoms with E-state index >= 15 is 4.39 Å². The van der Waals surface area contributed by atoms with E-state index in [2.05, 4.69) is 4.90 Å². The molecule has 0 N–H and O–H groups in total. The number of aromatic nitrogens is 1. The molecule has 1 aliphatic carbocycles. The number of esters is 1. The number of nitrogens with zero attached hydrogens (tertiary/aromatic N) is 3. The molecule has 0 bridgehead atoms. The molecule has 3 fully saturated rings. The van der Waals surface area contributed by atoms with Gasteiger partial charge in [0.1, 0.15) is 11.4 Å². The fourth-order valence-electron chi connectivity index (χ4n) is 5.00. The fraction of sp³-hybridized carbons (Fsp3) is 0.583. The number of rotatable bonds is 6. The van der Waals surface area contributed by atoms with Crippen molar-refractivity contribution in [1.29, 1.82) is 0 Å². The van der Waals surface area contributed by atoms with E-state index in [0.717, 1.165) is 49.9 Å². The summed E-state index contributed by atoms with van der Waals surface area (Å²) in [6.45, 7) is 6.75. The van der Waals surface area contributed by atoms with Gasteiger partial charge in [0.2, 0.25) is 5.43 Å². The Morgan fingerprint density at radius 1 is 1.19 bits per heavy atom. The van der Waals surface area contributed by atoms with Crippen molar-refractivity contribution >= 4 is 22.6 Å². The minimum Gasteiger partial charge on any atom is -0.462 e. The highest BCUT2D eigenvalue weighted by Gasteiger charge is 2.32. The van der Waals surface area contributed by atoms with E-state index in [9.17, 15) is 9.59 Å². The molecule has 32 heavy (non-hydrogen) atoms. The molecule has 7 nitrogen and oxygen atoms in total. The fourth-order valence-corrected chi connectivity index (χ4v) is 5.00. The summed E-state index contributed by atoms with van der Waals surface area (Å²) in [5, 5.41) is 0.270. The number of anilines is 1. The Balaban J connectivity index is 1.76. The molecule has 3 heterocycles. The first-order valence-corrected chi connectivity index (χ1v) is 11.7. The summed E-state index contributed by atoms with van der Waals surface area (Å²) in [5.41, 5.74) is 1.72. The van der Waals surface area contributed by atoms with E-state index in [1.165, 1.54) is 6.07 Å². The highest BCUT2D eigenvalue weighted by molar-refractivity contribution is 5.96. The first-order chi connectivity index (χ1) is 15.6. The van der Waals surface area contributed by atoms with Crippen molar-refractivity contribution in [3.8, 4) is 0 Å². The third kappa shape index (κ3) is 3.90. The number of hydrogen-bond donors (Lipinski definition) is 0. The minimum atomic E-state index is -0.646. The van der Waals surface area contributed by atoms with Crippen LogP contribution in [0.2, 0.25) is 0 Å². The van der Waals surface area contributed by atoms with E-state index in [0.29, 0.717) is 38.5 Å². The molecular formula is C24H30FN3O4. The second kappa shape index (κ2) is 8.83. The number of carbonyl (C=O) groups excluding carboxylic acids is 1. The predicted molar refractivity (Wildman–Crippen MR) is 120 cm³/mol. The Morgan fingerprint density at radius 3 is 2.56 bits per heavy atom. The average Bonchev–Trinajstić information content (AvgIpc) is 3.51. The summed E-state index contributed by atoms with van der Waals surface area (Å²) in [7, 11) is 0. The van der Waals surface area contributed by atoms with Crippen LogP contribution in [-0.2, 0) is 16.0 Å². The molecule has 1 saturated carbocycles. The molecule has 0 atom stereocenters. The average molecular weight is 444 g/mol. The quantitative estimate of drug-likeness (QED) is 0.640. The number of fused-ring (bicyclic) bond motifs is 1. The van der Waals surface area contributed by atoms with Crippen LogP contribution in [0.3, 0.4) is 0 Å². The van der Waals surface area contributed by atoms with Crippen molar-refractivity contribution in [2.75, 3.05) is 50.9 Å². The summed E-state index contributed by atoms with van der Waals surface area (Å²) in [4.78, 5) is 30.2. The second-order valence-corrected chi connectivity index (χ2v) is 8.90. The zero-order valence-corrected chi connectivity index (χ0v) is 18.6. The Labute approximate surface area is 186 Å². The summed E-state index contributed by atoms with van der Waals surface area (Å²) >= 11 is 0. The molecule has 3 aliphatic rings. The van der Waals surface area contributed by atoms with Gasteiger partial charge in [-0.25, -0.2) is 9.18 Å². The molecule has 1 aromatic heterocycles. The van der Waals surface area contributed by atoms with Gasteiger partial charge in [-0.2, -0.15) is 0 Å². The number of pyridine rings is 1. The van der Waals surface area contributed by atoms with Crippen LogP contribution in [-0.4, -0.2) is 61.4 Å². The van der Waals surface area contributed by atoms with E-state index in [4.69, 9.17) is 9.47 Å². The molecule has 8 heteroatoms. The first-order valence-electron chi connectivity index (χ1n) is 11.7. The van der Waals surface area contributed by atoms with Crippen LogP contribution in [0, 0.1) is 5.82 Å². The smallest absolute Gasteiger partial charge is 0.343 e. The third-order valence-corrected chi connectivity index (χ3v) is 6.68. The maximum atomic E-state index is 15.7.